The van der Waals surface area contributed by atoms with Crippen LogP contribution in [0.15, 0.2) is 33.5 Å². The van der Waals surface area contributed by atoms with Crippen molar-refractivity contribution in [3.05, 3.63) is 51.4 Å². The highest BCUT2D eigenvalue weighted by Crippen LogP contribution is 2.40. The third-order valence-corrected chi connectivity index (χ3v) is 5.16. The van der Waals surface area contributed by atoms with Crippen LogP contribution in [0.25, 0.3) is 11.0 Å². The number of rotatable bonds is 7. The number of aryl methyl sites for hydroxylation is 2. The maximum atomic E-state index is 12.7. The van der Waals surface area contributed by atoms with E-state index >= 15 is 0 Å². The van der Waals surface area contributed by atoms with E-state index in [2.05, 4.69) is 5.32 Å². The molecule has 0 unspecified atom stereocenters. The fourth-order valence-corrected chi connectivity index (χ4v) is 3.52. The Kier molecular flexibility index (Phi) is 6.39. The number of nitrogens with one attached hydrogen (secondary N) is 1. The molecule has 0 spiro atoms. The van der Waals surface area contributed by atoms with Crippen LogP contribution in [-0.4, -0.2) is 34.3 Å². The summed E-state index contributed by atoms with van der Waals surface area (Å²) in [5.41, 5.74) is 2.06. The Morgan fingerprint density at radius 1 is 0.903 bits per heavy atom. The first-order chi connectivity index (χ1) is 14.8. The van der Waals surface area contributed by atoms with Gasteiger partial charge in [-0.05, 0) is 31.5 Å². The highest BCUT2D eigenvalue weighted by atomic mass is 16.5. The Bertz CT molecular complexity index is 1170. The lowest BCUT2D eigenvalue weighted by Gasteiger charge is -2.15. The molecule has 1 heterocycles. The van der Waals surface area contributed by atoms with E-state index < -0.39 is 5.63 Å². The number of methoxy groups -OCH3 is 4. The molecule has 3 aromatic rings. The molecule has 1 amide bonds. The van der Waals surface area contributed by atoms with E-state index in [0.717, 1.165) is 10.9 Å². The largest absolute Gasteiger partial charge is 0.496 e. The van der Waals surface area contributed by atoms with Crippen LogP contribution >= 0.6 is 0 Å². The highest BCUT2D eigenvalue weighted by Gasteiger charge is 2.19. The zero-order valence-electron chi connectivity index (χ0n) is 18.4. The lowest BCUT2D eigenvalue weighted by Crippen LogP contribution is -2.21. The molecule has 8 heteroatoms. The predicted molar refractivity (Wildman–Crippen MR) is 117 cm³/mol. The van der Waals surface area contributed by atoms with Gasteiger partial charge in [-0.3, -0.25) is 4.79 Å². The molecular weight excluding hydrogens is 402 g/mol. The van der Waals surface area contributed by atoms with Gasteiger partial charge < -0.3 is 28.7 Å². The molecular formula is C23H25NO7. The highest BCUT2D eigenvalue weighted by molar-refractivity contribution is 5.94. The predicted octanol–water partition coefficient (Wildman–Crippen LogP) is 3.63. The van der Waals surface area contributed by atoms with Gasteiger partial charge in [0.1, 0.15) is 11.3 Å². The van der Waals surface area contributed by atoms with E-state index in [1.54, 1.807) is 26.2 Å². The van der Waals surface area contributed by atoms with Gasteiger partial charge in [0, 0.05) is 28.8 Å². The summed E-state index contributed by atoms with van der Waals surface area (Å²) >= 11 is 0. The molecule has 0 radical (unpaired) electrons. The molecule has 8 nitrogen and oxygen atoms in total. The molecule has 0 fully saturated rings. The van der Waals surface area contributed by atoms with Gasteiger partial charge >= 0.3 is 5.63 Å². The van der Waals surface area contributed by atoms with Crippen molar-refractivity contribution >= 4 is 22.6 Å². The molecule has 0 bridgehead atoms. The number of ether oxygens (including phenoxy) is 4. The number of fused-ring (bicyclic) bond motifs is 1. The van der Waals surface area contributed by atoms with Crippen molar-refractivity contribution in [3.63, 3.8) is 0 Å². The number of anilines is 1. The lowest BCUT2D eigenvalue weighted by molar-refractivity contribution is -0.115. The molecule has 0 aliphatic heterocycles. The molecule has 0 saturated carbocycles. The molecule has 164 valence electrons. The summed E-state index contributed by atoms with van der Waals surface area (Å²) < 4.78 is 26.7. The van der Waals surface area contributed by atoms with E-state index in [4.69, 9.17) is 23.4 Å². The van der Waals surface area contributed by atoms with Crippen LogP contribution < -0.4 is 29.9 Å². The zero-order chi connectivity index (χ0) is 22.7. The monoisotopic (exact) mass is 427 g/mol. The first kappa shape index (κ1) is 22.0. The van der Waals surface area contributed by atoms with Crippen molar-refractivity contribution in [2.45, 2.75) is 20.3 Å². The Labute approximate surface area is 179 Å². The summed E-state index contributed by atoms with van der Waals surface area (Å²) in [4.78, 5) is 25.4. The fraction of sp³-hybridized carbons (Fsp3) is 0.304. The summed E-state index contributed by atoms with van der Waals surface area (Å²) in [5.74, 6) is 1.47. The topological polar surface area (TPSA) is 96.2 Å². The standard InChI is InChI=1S/C23H25NO7/c1-12-15-7-8-17(27-3)13(2)21(15)31-23(26)16(12)11-20(25)24-14-9-18(28-4)22(30-6)19(10-14)29-5/h7-10H,11H2,1-6H3,(H,24,25). The maximum absolute atomic E-state index is 12.7. The Morgan fingerprint density at radius 2 is 1.52 bits per heavy atom. The lowest BCUT2D eigenvalue weighted by atomic mass is 10.0. The van der Waals surface area contributed by atoms with Crippen molar-refractivity contribution in [1.82, 2.24) is 0 Å². The van der Waals surface area contributed by atoms with Gasteiger partial charge in [-0.15, -0.1) is 0 Å². The summed E-state index contributed by atoms with van der Waals surface area (Å²) in [7, 11) is 6.03. The van der Waals surface area contributed by atoms with Crippen LogP contribution in [0.5, 0.6) is 23.0 Å². The minimum atomic E-state index is -0.554. The van der Waals surface area contributed by atoms with Crippen molar-refractivity contribution in [2.75, 3.05) is 33.8 Å². The quantitative estimate of drug-likeness (QED) is 0.575. The molecule has 0 saturated heterocycles. The van der Waals surface area contributed by atoms with Crippen LogP contribution in [0, 0.1) is 13.8 Å². The van der Waals surface area contributed by atoms with Gasteiger partial charge in [0.15, 0.2) is 11.5 Å². The number of hydrogen-bond donors (Lipinski definition) is 1. The van der Waals surface area contributed by atoms with E-state index in [0.29, 0.717) is 45.4 Å². The van der Waals surface area contributed by atoms with E-state index in [1.807, 2.05) is 19.1 Å². The smallest absolute Gasteiger partial charge is 0.340 e. The molecule has 3 rings (SSSR count). The van der Waals surface area contributed by atoms with Crippen molar-refractivity contribution in [1.29, 1.82) is 0 Å². The van der Waals surface area contributed by atoms with Crippen molar-refractivity contribution in [2.24, 2.45) is 0 Å². The summed E-state index contributed by atoms with van der Waals surface area (Å²) in [6.45, 7) is 3.62. The number of hydrogen-bond acceptors (Lipinski definition) is 7. The molecule has 0 aliphatic carbocycles. The summed E-state index contributed by atoms with van der Waals surface area (Å²) in [5, 5.41) is 3.53. The Morgan fingerprint density at radius 3 is 2.06 bits per heavy atom. The van der Waals surface area contributed by atoms with Crippen LogP contribution in [0.1, 0.15) is 16.7 Å². The maximum Gasteiger partial charge on any atom is 0.340 e. The van der Waals surface area contributed by atoms with Crippen molar-refractivity contribution < 1.29 is 28.2 Å². The van der Waals surface area contributed by atoms with Crippen LogP contribution in [0.3, 0.4) is 0 Å². The molecule has 0 atom stereocenters. The molecule has 1 N–H and O–H groups in total. The summed E-state index contributed by atoms with van der Waals surface area (Å²) in [6.07, 6.45) is -0.147. The summed E-state index contributed by atoms with van der Waals surface area (Å²) in [6, 6.07) is 6.86. The fourth-order valence-electron chi connectivity index (χ4n) is 3.52. The van der Waals surface area contributed by atoms with Gasteiger partial charge in [-0.2, -0.15) is 0 Å². The molecule has 1 aromatic heterocycles. The van der Waals surface area contributed by atoms with Gasteiger partial charge in [0.05, 0.1) is 40.4 Å². The molecule has 2 aromatic carbocycles. The van der Waals surface area contributed by atoms with E-state index in [-0.39, 0.29) is 12.3 Å². The number of carbonyl (C=O) groups excluding carboxylic acids is 1. The van der Waals surface area contributed by atoms with Crippen LogP contribution in [0.2, 0.25) is 0 Å². The number of amides is 1. The second kappa shape index (κ2) is 8.99. The van der Waals surface area contributed by atoms with E-state index in [9.17, 15) is 9.59 Å². The number of carbonyl (C=O) groups is 1. The molecule has 0 aliphatic rings. The first-order valence-corrected chi connectivity index (χ1v) is 9.54. The second-order valence-corrected chi connectivity index (χ2v) is 6.90. The van der Waals surface area contributed by atoms with Gasteiger partial charge in [-0.1, -0.05) is 0 Å². The van der Waals surface area contributed by atoms with Crippen molar-refractivity contribution in [3.8, 4) is 23.0 Å². The molecule has 31 heavy (non-hydrogen) atoms. The second-order valence-electron chi connectivity index (χ2n) is 6.90. The van der Waals surface area contributed by atoms with Gasteiger partial charge in [-0.25, -0.2) is 4.79 Å². The third kappa shape index (κ3) is 4.14. The average molecular weight is 427 g/mol. The van der Waals surface area contributed by atoms with Gasteiger partial charge in [0.2, 0.25) is 11.7 Å². The van der Waals surface area contributed by atoms with Gasteiger partial charge in [0.25, 0.3) is 0 Å². The Balaban J connectivity index is 1.93. The van der Waals surface area contributed by atoms with E-state index in [1.165, 1.54) is 21.3 Å². The zero-order valence-corrected chi connectivity index (χ0v) is 18.4. The van der Waals surface area contributed by atoms with Crippen LogP contribution in [0.4, 0.5) is 5.69 Å². The number of benzene rings is 2. The van der Waals surface area contributed by atoms with Crippen LogP contribution in [-0.2, 0) is 11.2 Å². The first-order valence-electron chi connectivity index (χ1n) is 9.54. The normalized spacial score (nSPS) is 10.6. The minimum absolute atomic E-state index is 0.147. The minimum Gasteiger partial charge on any atom is -0.496 e. The Hall–Kier alpha value is -3.68. The SMILES string of the molecule is COc1cc(NC(=O)Cc2c(C)c3ccc(OC)c(C)c3oc2=O)cc(OC)c1OC. The average Bonchev–Trinajstić information content (AvgIpc) is 2.76. The third-order valence-electron chi connectivity index (χ3n) is 5.16.